The molecule has 0 aliphatic heterocycles. The molecule has 3 nitrogen and oxygen atoms in total. The average molecular weight is 209 g/mol. The van der Waals surface area contributed by atoms with E-state index < -0.39 is 0 Å². The lowest BCUT2D eigenvalue weighted by atomic mass is 10.1. The summed E-state index contributed by atoms with van der Waals surface area (Å²) in [5, 5.41) is 3.07. The quantitative estimate of drug-likeness (QED) is 0.654. The van der Waals surface area contributed by atoms with Crippen LogP contribution in [0.15, 0.2) is 0 Å². The molecule has 60 valence electrons. The molecule has 0 fully saturated rings. The van der Waals surface area contributed by atoms with Gasteiger partial charge in [0.15, 0.2) is 0 Å². The molecule has 4 heteroatoms. The van der Waals surface area contributed by atoms with Gasteiger partial charge < -0.3 is 11.1 Å². The molecule has 0 unspecified atom stereocenters. The zero-order chi connectivity index (χ0) is 8.20. The first-order chi connectivity index (χ1) is 4.52. The molecular weight excluding hydrogens is 196 g/mol. The fraction of sp³-hybridized carbons (Fsp3) is 0.833. The van der Waals surface area contributed by atoms with Gasteiger partial charge in [-0.3, -0.25) is 4.79 Å². The fourth-order valence-electron chi connectivity index (χ4n) is 0.462. The van der Waals surface area contributed by atoms with E-state index in [0.29, 0.717) is 11.9 Å². The first-order valence-electron chi connectivity index (χ1n) is 3.09. The second kappa shape index (κ2) is 3.93. The SMILES string of the molecule is CC(C)(CN)NC(=O)CBr. The highest BCUT2D eigenvalue weighted by atomic mass is 79.9. The van der Waals surface area contributed by atoms with E-state index in [0.717, 1.165) is 0 Å². The van der Waals surface area contributed by atoms with Gasteiger partial charge >= 0.3 is 0 Å². The van der Waals surface area contributed by atoms with Crippen LogP contribution in [0.4, 0.5) is 0 Å². The first kappa shape index (κ1) is 9.91. The van der Waals surface area contributed by atoms with E-state index in [4.69, 9.17) is 5.73 Å². The molecule has 0 aliphatic rings. The molecule has 0 aliphatic carbocycles. The Morgan fingerprint density at radius 1 is 1.70 bits per heavy atom. The second-order valence-corrected chi connectivity index (χ2v) is 3.33. The molecule has 0 heterocycles. The van der Waals surface area contributed by atoms with Gasteiger partial charge in [-0.2, -0.15) is 0 Å². The maximum atomic E-state index is 10.8. The van der Waals surface area contributed by atoms with Crippen molar-refractivity contribution in [3.8, 4) is 0 Å². The third kappa shape index (κ3) is 3.85. The largest absolute Gasteiger partial charge is 0.349 e. The van der Waals surface area contributed by atoms with Crippen molar-refractivity contribution in [1.82, 2.24) is 5.32 Å². The van der Waals surface area contributed by atoms with Crippen LogP contribution in [0.25, 0.3) is 0 Å². The van der Waals surface area contributed by atoms with Crippen LogP contribution in [-0.2, 0) is 4.79 Å². The minimum Gasteiger partial charge on any atom is -0.349 e. The number of amides is 1. The highest BCUT2D eigenvalue weighted by Gasteiger charge is 2.16. The minimum atomic E-state index is -0.287. The molecule has 0 atom stereocenters. The number of nitrogens with two attached hydrogens (primary N) is 1. The first-order valence-corrected chi connectivity index (χ1v) is 4.21. The minimum absolute atomic E-state index is 0.0320. The zero-order valence-corrected chi connectivity index (χ0v) is 7.86. The number of alkyl halides is 1. The Balaban J connectivity index is 3.76. The van der Waals surface area contributed by atoms with Crippen LogP contribution in [0.2, 0.25) is 0 Å². The maximum absolute atomic E-state index is 10.8. The van der Waals surface area contributed by atoms with E-state index in [1.165, 1.54) is 0 Å². The van der Waals surface area contributed by atoms with Crippen molar-refractivity contribution in [3.63, 3.8) is 0 Å². The Labute approximate surface area is 69.5 Å². The Morgan fingerprint density at radius 2 is 2.20 bits per heavy atom. The van der Waals surface area contributed by atoms with Gasteiger partial charge in [0, 0.05) is 12.1 Å². The van der Waals surface area contributed by atoms with Gasteiger partial charge in [-0.05, 0) is 13.8 Å². The van der Waals surface area contributed by atoms with Crippen molar-refractivity contribution < 1.29 is 4.79 Å². The summed E-state index contributed by atoms with van der Waals surface area (Å²) in [7, 11) is 0. The zero-order valence-electron chi connectivity index (χ0n) is 6.28. The third-order valence-corrected chi connectivity index (χ3v) is 1.62. The van der Waals surface area contributed by atoms with Crippen molar-refractivity contribution in [2.24, 2.45) is 5.73 Å². The number of hydrogen-bond acceptors (Lipinski definition) is 2. The Bertz CT molecular complexity index is 125. The summed E-state index contributed by atoms with van der Waals surface area (Å²) >= 11 is 3.04. The fourth-order valence-corrected chi connectivity index (χ4v) is 0.602. The van der Waals surface area contributed by atoms with Crippen LogP contribution in [-0.4, -0.2) is 23.3 Å². The van der Waals surface area contributed by atoms with Crippen LogP contribution >= 0.6 is 15.9 Å². The number of carbonyl (C=O) groups is 1. The molecule has 0 aromatic heterocycles. The normalized spacial score (nSPS) is 11.2. The molecular formula is C6H13BrN2O. The van der Waals surface area contributed by atoms with Crippen molar-refractivity contribution in [2.75, 3.05) is 11.9 Å². The molecule has 10 heavy (non-hydrogen) atoms. The van der Waals surface area contributed by atoms with Gasteiger partial charge in [-0.15, -0.1) is 0 Å². The van der Waals surface area contributed by atoms with Crippen molar-refractivity contribution in [3.05, 3.63) is 0 Å². The molecule has 3 N–H and O–H groups in total. The van der Waals surface area contributed by atoms with E-state index in [2.05, 4.69) is 21.2 Å². The lowest BCUT2D eigenvalue weighted by molar-refractivity contribution is -0.119. The summed E-state index contributed by atoms with van der Waals surface area (Å²) in [6.07, 6.45) is 0. The van der Waals surface area contributed by atoms with Crippen LogP contribution < -0.4 is 11.1 Å². The summed E-state index contributed by atoms with van der Waals surface area (Å²) < 4.78 is 0. The van der Waals surface area contributed by atoms with E-state index in [1.807, 2.05) is 13.8 Å². The maximum Gasteiger partial charge on any atom is 0.231 e. The molecule has 0 saturated carbocycles. The van der Waals surface area contributed by atoms with E-state index >= 15 is 0 Å². The van der Waals surface area contributed by atoms with Crippen molar-refractivity contribution in [1.29, 1.82) is 0 Å². The van der Waals surface area contributed by atoms with E-state index in [-0.39, 0.29) is 11.4 Å². The molecule has 1 amide bonds. The molecule has 0 spiro atoms. The molecule has 0 rings (SSSR count). The molecule has 0 aromatic rings. The smallest absolute Gasteiger partial charge is 0.231 e. The van der Waals surface area contributed by atoms with Crippen molar-refractivity contribution >= 4 is 21.8 Å². The van der Waals surface area contributed by atoms with Crippen LogP contribution in [0.3, 0.4) is 0 Å². The standard InChI is InChI=1S/C6H13BrN2O/c1-6(2,4-8)9-5(10)3-7/h3-4,8H2,1-2H3,(H,9,10). The monoisotopic (exact) mass is 208 g/mol. The van der Waals surface area contributed by atoms with E-state index in [1.54, 1.807) is 0 Å². The summed E-state index contributed by atoms with van der Waals surface area (Å²) in [5.74, 6) is -0.0320. The lowest BCUT2D eigenvalue weighted by Crippen LogP contribution is -2.49. The lowest BCUT2D eigenvalue weighted by Gasteiger charge is -2.23. The summed E-state index contributed by atoms with van der Waals surface area (Å²) in [5.41, 5.74) is 5.09. The molecule has 0 bridgehead atoms. The number of nitrogens with one attached hydrogen (secondary N) is 1. The third-order valence-electron chi connectivity index (χ3n) is 1.11. The van der Waals surface area contributed by atoms with Gasteiger partial charge in [-0.25, -0.2) is 0 Å². The van der Waals surface area contributed by atoms with Gasteiger partial charge in [0.1, 0.15) is 0 Å². The average Bonchev–Trinajstić information content (AvgIpc) is 1.87. The van der Waals surface area contributed by atoms with E-state index in [9.17, 15) is 4.79 Å². The van der Waals surface area contributed by atoms with Crippen LogP contribution in [0.5, 0.6) is 0 Å². The number of carbonyl (C=O) groups excluding carboxylic acids is 1. The van der Waals surface area contributed by atoms with Gasteiger partial charge in [-0.1, -0.05) is 15.9 Å². The topological polar surface area (TPSA) is 55.1 Å². The van der Waals surface area contributed by atoms with Crippen LogP contribution in [0, 0.1) is 0 Å². The highest BCUT2D eigenvalue weighted by Crippen LogP contribution is 1.97. The summed E-state index contributed by atoms with van der Waals surface area (Å²) in [4.78, 5) is 10.8. The molecule has 0 aromatic carbocycles. The highest BCUT2D eigenvalue weighted by molar-refractivity contribution is 9.09. The van der Waals surface area contributed by atoms with Crippen LogP contribution in [0.1, 0.15) is 13.8 Å². The Hall–Kier alpha value is -0.0900. The summed E-state index contributed by atoms with van der Waals surface area (Å²) in [6.45, 7) is 4.22. The molecule has 0 radical (unpaired) electrons. The summed E-state index contributed by atoms with van der Waals surface area (Å²) in [6, 6.07) is 0. The van der Waals surface area contributed by atoms with Gasteiger partial charge in [0.05, 0.1) is 5.33 Å². The van der Waals surface area contributed by atoms with Gasteiger partial charge in [0.25, 0.3) is 0 Å². The van der Waals surface area contributed by atoms with Gasteiger partial charge in [0.2, 0.25) is 5.91 Å². The molecule has 0 saturated heterocycles. The Morgan fingerprint density at radius 3 is 2.50 bits per heavy atom. The van der Waals surface area contributed by atoms with Crippen molar-refractivity contribution in [2.45, 2.75) is 19.4 Å². The number of halogens is 1. The Kier molecular flexibility index (Phi) is 3.89. The number of rotatable bonds is 3. The second-order valence-electron chi connectivity index (χ2n) is 2.77. The predicted molar refractivity (Wildman–Crippen MR) is 45.1 cm³/mol. The predicted octanol–water partition coefficient (Wildman–Crippen LogP) is 0.235. The number of hydrogen-bond donors (Lipinski definition) is 2.